The maximum absolute atomic E-state index is 13.6. The van der Waals surface area contributed by atoms with E-state index < -0.39 is 39.9 Å². The fourth-order valence-electron chi connectivity index (χ4n) is 1.47. The van der Waals surface area contributed by atoms with Crippen LogP contribution in [0.1, 0.15) is 25.8 Å². The van der Waals surface area contributed by atoms with E-state index in [0.29, 0.717) is 0 Å². The number of hydrogen-bond donors (Lipinski definition) is 0. The van der Waals surface area contributed by atoms with Gasteiger partial charge in [-0.15, -0.1) is 0 Å². The summed E-state index contributed by atoms with van der Waals surface area (Å²) in [6, 6.07) is 0. The van der Waals surface area contributed by atoms with Crippen molar-refractivity contribution >= 4 is 7.85 Å². The van der Waals surface area contributed by atoms with Gasteiger partial charge in [0.05, 0.1) is 15.0 Å². The zero-order valence-corrected chi connectivity index (χ0v) is 9.70. The van der Waals surface area contributed by atoms with E-state index in [0.717, 1.165) is 7.11 Å². The molecule has 2 radical (unpaired) electrons. The van der Waals surface area contributed by atoms with Gasteiger partial charge in [-0.25, -0.2) is 8.78 Å². The molecule has 0 saturated carbocycles. The van der Waals surface area contributed by atoms with Crippen molar-refractivity contribution in [3.05, 3.63) is 28.8 Å². The van der Waals surface area contributed by atoms with Crippen molar-refractivity contribution in [2.45, 2.75) is 25.6 Å². The first-order valence-corrected chi connectivity index (χ1v) is 4.97. The third-order valence-electron chi connectivity index (χ3n) is 2.73. The standard InChI is InChI=1S/C11H11BF4O/c1-4-11(2,12)5-6(13)8(15)10(17-3)9(16)7(5)14/h4H2,1-3H3. The van der Waals surface area contributed by atoms with Gasteiger partial charge in [0.2, 0.25) is 11.6 Å². The lowest BCUT2D eigenvalue weighted by Crippen LogP contribution is -2.26. The van der Waals surface area contributed by atoms with Crippen LogP contribution in [0.3, 0.4) is 0 Å². The molecule has 0 aliphatic rings. The Bertz CT molecular complexity index is 417. The lowest BCUT2D eigenvalue weighted by Gasteiger charge is -2.25. The topological polar surface area (TPSA) is 9.23 Å². The molecule has 0 heterocycles. The number of halogens is 4. The minimum absolute atomic E-state index is 0.117. The van der Waals surface area contributed by atoms with Crippen molar-refractivity contribution in [1.29, 1.82) is 0 Å². The van der Waals surface area contributed by atoms with Gasteiger partial charge in [-0.3, -0.25) is 0 Å². The smallest absolute Gasteiger partial charge is 0.204 e. The van der Waals surface area contributed by atoms with Crippen molar-refractivity contribution in [2.24, 2.45) is 0 Å². The summed E-state index contributed by atoms with van der Waals surface area (Å²) < 4.78 is 58.3. The van der Waals surface area contributed by atoms with Crippen LogP contribution in [0.25, 0.3) is 0 Å². The molecule has 0 aromatic heterocycles. The van der Waals surface area contributed by atoms with Crippen LogP contribution in [0.5, 0.6) is 5.75 Å². The normalized spacial score (nSPS) is 14.5. The number of ether oxygens (including phenoxy) is 1. The number of rotatable bonds is 3. The first-order valence-electron chi connectivity index (χ1n) is 4.97. The Morgan fingerprint density at radius 1 is 1.06 bits per heavy atom. The number of hydrogen-bond acceptors (Lipinski definition) is 1. The molecule has 92 valence electrons. The highest BCUT2D eigenvalue weighted by atomic mass is 19.2. The first-order chi connectivity index (χ1) is 7.77. The molecular formula is C11H11BF4O. The van der Waals surface area contributed by atoms with Gasteiger partial charge in [0.25, 0.3) is 0 Å². The maximum atomic E-state index is 13.6. The number of benzene rings is 1. The summed E-state index contributed by atoms with van der Waals surface area (Å²) >= 11 is 0. The third kappa shape index (κ3) is 2.12. The molecule has 0 aliphatic heterocycles. The highest BCUT2D eigenvalue weighted by Gasteiger charge is 2.33. The largest absolute Gasteiger partial charge is 0.491 e. The van der Waals surface area contributed by atoms with E-state index in [-0.39, 0.29) is 6.42 Å². The molecule has 1 aromatic rings. The van der Waals surface area contributed by atoms with Gasteiger partial charge < -0.3 is 4.74 Å². The quantitative estimate of drug-likeness (QED) is 0.452. The Balaban J connectivity index is 3.65. The Morgan fingerprint density at radius 3 is 1.76 bits per heavy atom. The van der Waals surface area contributed by atoms with E-state index in [1.54, 1.807) is 6.92 Å². The molecule has 1 atom stereocenters. The van der Waals surface area contributed by atoms with Crippen molar-refractivity contribution in [1.82, 2.24) is 0 Å². The molecular weight excluding hydrogens is 235 g/mol. The molecule has 0 bridgehead atoms. The SMILES string of the molecule is [B]C(C)(CC)c1c(F)c(F)c(OC)c(F)c1F. The predicted molar refractivity (Wildman–Crippen MR) is 56.2 cm³/mol. The minimum Gasteiger partial charge on any atom is -0.491 e. The molecule has 6 heteroatoms. The molecule has 0 saturated heterocycles. The first kappa shape index (κ1) is 13.9. The molecule has 1 unspecified atom stereocenters. The van der Waals surface area contributed by atoms with Crippen molar-refractivity contribution in [3.8, 4) is 5.75 Å². The summed E-state index contributed by atoms with van der Waals surface area (Å²) in [7, 11) is 6.53. The van der Waals surface area contributed by atoms with Crippen LogP contribution in [0.2, 0.25) is 0 Å². The van der Waals surface area contributed by atoms with Gasteiger partial charge in [-0.2, -0.15) is 8.78 Å². The van der Waals surface area contributed by atoms with Gasteiger partial charge in [-0.1, -0.05) is 20.3 Å². The maximum Gasteiger partial charge on any atom is 0.204 e. The summed E-state index contributed by atoms with van der Waals surface area (Å²) in [5.74, 6) is -7.28. The number of methoxy groups -OCH3 is 1. The van der Waals surface area contributed by atoms with Crippen LogP contribution in [0.4, 0.5) is 17.6 Å². The average molecular weight is 246 g/mol. The van der Waals surface area contributed by atoms with Crippen molar-refractivity contribution in [2.75, 3.05) is 7.11 Å². The van der Waals surface area contributed by atoms with E-state index in [4.69, 9.17) is 7.85 Å². The van der Waals surface area contributed by atoms with Crippen LogP contribution in [-0.2, 0) is 5.31 Å². The molecule has 0 N–H and O–H groups in total. The van der Waals surface area contributed by atoms with E-state index in [1.165, 1.54) is 6.92 Å². The van der Waals surface area contributed by atoms with Crippen LogP contribution in [0, 0.1) is 23.3 Å². The Labute approximate surface area is 98.2 Å². The fourth-order valence-corrected chi connectivity index (χ4v) is 1.47. The lowest BCUT2D eigenvalue weighted by atomic mass is 9.63. The summed E-state index contributed by atoms with van der Waals surface area (Å²) in [5.41, 5.74) is -0.809. The summed E-state index contributed by atoms with van der Waals surface area (Å²) in [6.07, 6.45) is 0.117. The van der Waals surface area contributed by atoms with Crippen LogP contribution in [0.15, 0.2) is 0 Å². The second-order valence-corrected chi connectivity index (χ2v) is 3.94. The highest BCUT2D eigenvalue weighted by Crippen LogP contribution is 2.36. The van der Waals surface area contributed by atoms with Crippen LogP contribution in [-0.4, -0.2) is 15.0 Å². The highest BCUT2D eigenvalue weighted by molar-refractivity contribution is 6.15. The third-order valence-corrected chi connectivity index (χ3v) is 2.73. The predicted octanol–water partition coefficient (Wildman–Crippen LogP) is 3.05. The molecule has 0 amide bonds. The van der Waals surface area contributed by atoms with E-state index in [2.05, 4.69) is 4.74 Å². The monoisotopic (exact) mass is 246 g/mol. The minimum atomic E-state index is -1.58. The molecule has 0 spiro atoms. The van der Waals surface area contributed by atoms with E-state index in [1.807, 2.05) is 0 Å². The van der Waals surface area contributed by atoms with Crippen molar-refractivity contribution in [3.63, 3.8) is 0 Å². The van der Waals surface area contributed by atoms with Gasteiger partial charge in [0.1, 0.15) is 0 Å². The Morgan fingerprint density at radius 2 is 1.47 bits per heavy atom. The molecule has 17 heavy (non-hydrogen) atoms. The van der Waals surface area contributed by atoms with E-state index >= 15 is 0 Å². The van der Waals surface area contributed by atoms with Crippen LogP contribution < -0.4 is 4.74 Å². The van der Waals surface area contributed by atoms with Crippen LogP contribution >= 0.6 is 0 Å². The second kappa shape index (κ2) is 4.59. The van der Waals surface area contributed by atoms with Gasteiger partial charge in [0, 0.05) is 5.56 Å². The van der Waals surface area contributed by atoms with Gasteiger partial charge in [-0.05, 0) is 5.31 Å². The zero-order valence-electron chi connectivity index (χ0n) is 9.70. The summed E-state index contributed by atoms with van der Waals surface area (Å²) in [4.78, 5) is 0. The lowest BCUT2D eigenvalue weighted by molar-refractivity contribution is 0.324. The molecule has 0 aliphatic carbocycles. The Kier molecular flexibility index (Phi) is 3.74. The molecule has 1 rings (SSSR count). The van der Waals surface area contributed by atoms with Gasteiger partial charge >= 0.3 is 0 Å². The molecule has 1 aromatic carbocycles. The molecule has 1 nitrogen and oxygen atoms in total. The average Bonchev–Trinajstić information content (AvgIpc) is 2.27. The van der Waals surface area contributed by atoms with E-state index in [9.17, 15) is 17.6 Å². The zero-order chi connectivity index (χ0) is 13.4. The Hall–Kier alpha value is -1.20. The second-order valence-electron chi connectivity index (χ2n) is 3.94. The fraction of sp³-hybridized carbons (Fsp3) is 0.455. The van der Waals surface area contributed by atoms with Crippen molar-refractivity contribution < 1.29 is 22.3 Å². The van der Waals surface area contributed by atoms with Gasteiger partial charge in [0.15, 0.2) is 17.4 Å². The summed E-state index contributed by atoms with van der Waals surface area (Å²) in [5, 5.41) is -1.50. The molecule has 0 fully saturated rings. The summed E-state index contributed by atoms with van der Waals surface area (Å²) in [6.45, 7) is 2.85.